The van der Waals surface area contributed by atoms with E-state index in [2.05, 4.69) is 5.32 Å². The molecule has 1 amide bonds. The fourth-order valence-electron chi connectivity index (χ4n) is 1.29. The Morgan fingerprint density at radius 3 is 2.81 bits per heavy atom. The van der Waals surface area contributed by atoms with Crippen LogP contribution in [0.5, 0.6) is 5.75 Å². The Hall–Kier alpha value is -1.55. The van der Waals surface area contributed by atoms with E-state index in [9.17, 15) is 4.79 Å². The molecule has 1 rings (SSSR count). The number of ether oxygens (including phenoxy) is 1. The molecule has 0 aromatic heterocycles. The van der Waals surface area contributed by atoms with Crippen LogP contribution in [0.15, 0.2) is 24.3 Å². The monoisotopic (exact) mass is 222 g/mol. The number of carbonyl (C=O) groups excluding carboxylic acids is 1. The maximum atomic E-state index is 11.3. The lowest BCUT2D eigenvalue weighted by atomic mass is 10.2. The summed E-state index contributed by atoms with van der Waals surface area (Å²) in [6.07, 6.45) is 0. The standard InChI is InChI=1S/C12H18N2O2/c1-3-16-11-7-5-4-6-10(11)8-14-12(15)9(2)13/h4-7,9H,3,8,13H2,1-2H3,(H,14,15)/t9-/m1/s1. The van der Waals surface area contributed by atoms with Gasteiger partial charge < -0.3 is 15.8 Å². The predicted molar refractivity (Wildman–Crippen MR) is 63.1 cm³/mol. The highest BCUT2D eigenvalue weighted by Gasteiger charge is 2.08. The zero-order valence-electron chi connectivity index (χ0n) is 9.69. The quantitative estimate of drug-likeness (QED) is 0.782. The first-order valence-corrected chi connectivity index (χ1v) is 5.39. The minimum Gasteiger partial charge on any atom is -0.494 e. The average molecular weight is 222 g/mol. The van der Waals surface area contributed by atoms with Gasteiger partial charge in [0.05, 0.1) is 12.6 Å². The molecular weight excluding hydrogens is 204 g/mol. The molecule has 0 aliphatic carbocycles. The van der Waals surface area contributed by atoms with Gasteiger partial charge in [-0.15, -0.1) is 0 Å². The van der Waals surface area contributed by atoms with Crippen molar-refractivity contribution in [3.05, 3.63) is 29.8 Å². The molecule has 0 heterocycles. The molecule has 0 bridgehead atoms. The zero-order chi connectivity index (χ0) is 12.0. The molecule has 0 fully saturated rings. The average Bonchev–Trinajstić information content (AvgIpc) is 2.27. The summed E-state index contributed by atoms with van der Waals surface area (Å²) in [7, 11) is 0. The molecule has 3 N–H and O–H groups in total. The second-order valence-corrected chi connectivity index (χ2v) is 3.55. The van der Waals surface area contributed by atoms with Crippen molar-refractivity contribution >= 4 is 5.91 Å². The molecule has 0 saturated carbocycles. The first kappa shape index (κ1) is 12.5. The van der Waals surface area contributed by atoms with Crippen LogP contribution in [-0.4, -0.2) is 18.6 Å². The first-order chi connectivity index (χ1) is 7.65. The van der Waals surface area contributed by atoms with Gasteiger partial charge >= 0.3 is 0 Å². The van der Waals surface area contributed by atoms with Crippen LogP contribution in [-0.2, 0) is 11.3 Å². The predicted octanol–water partition coefficient (Wildman–Crippen LogP) is 1.05. The lowest BCUT2D eigenvalue weighted by molar-refractivity contribution is -0.122. The number of hydrogen-bond acceptors (Lipinski definition) is 3. The molecule has 1 aromatic carbocycles. The summed E-state index contributed by atoms with van der Waals surface area (Å²) in [6, 6.07) is 7.14. The van der Waals surface area contributed by atoms with Gasteiger partial charge in [0, 0.05) is 12.1 Å². The number of para-hydroxylation sites is 1. The van der Waals surface area contributed by atoms with Gasteiger partial charge in [-0.05, 0) is 19.9 Å². The third-order valence-corrected chi connectivity index (χ3v) is 2.14. The highest BCUT2D eigenvalue weighted by Crippen LogP contribution is 2.17. The molecule has 88 valence electrons. The van der Waals surface area contributed by atoms with Gasteiger partial charge in [-0.2, -0.15) is 0 Å². The van der Waals surface area contributed by atoms with Crippen molar-refractivity contribution in [1.82, 2.24) is 5.32 Å². The summed E-state index contributed by atoms with van der Waals surface area (Å²) < 4.78 is 5.45. The fourth-order valence-corrected chi connectivity index (χ4v) is 1.29. The fraction of sp³-hybridized carbons (Fsp3) is 0.417. The van der Waals surface area contributed by atoms with Gasteiger partial charge in [0.25, 0.3) is 0 Å². The second kappa shape index (κ2) is 6.12. The van der Waals surface area contributed by atoms with E-state index in [1.807, 2.05) is 31.2 Å². The van der Waals surface area contributed by atoms with E-state index in [4.69, 9.17) is 10.5 Å². The molecule has 0 unspecified atom stereocenters. The van der Waals surface area contributed by atoms with E-state index in [0.717, 1.165) is 11.3 Å². The Morgan fingerprint density at radius 2 is 2.19 bits per heavy atom. The van der Waals surface area contributed by atoms with Gasteiger partial charge in [0.2, 0.25) is 5.91 Å². The molecule has 1 aromatic rings. The molecule has 0 aliphatic heterocycles. The van der Waals surface area contributed by atoms with Crippen LogP contribution in [0.3, 0.4) is 0 Å². The first-order valence-electron chi connectivity index (χ1n) is 5.39. The van der Waals surface area contributed by atoms with Crippen LogP contribution >= 0.6 is 0 Å². The Kier molecular flexibility index (Phi) is 4.79. The summed E-state index contributed by atoms with van der Waals surface area (Å²) in [6.45, 7) is 4.63. The number of amides is 1. The smallest absolute Gasteiger partial charge is 0.236 e. The summed E-state index contributed by atoms with van der Waals surface area (Å²) in [5.74, 6) is 0.640. The molecule has 0 aliphatic rings. The van der Waals surface area contributed by atoms with Gasteiger partial charge in [-0.1, -0.05) is 18.2 Å². The van der Waals surface area contributed by atoms with Crippen LogP contribution in [0.1, 0.15) is 19.4 Å². The molecule has 1 atom stereocenters. The Bertz CT molecular complexity index is 351. The number of nitrogens with one attached hydrogen (secondary N) is 1. The number of carbonyl (C=O) groups is 1. The van der Waals surface area contributed by atoms with Crippen molar-refractivity contribution < 1.29 is 9.53 Å². The van der Waals surface area contributed by atoms with Crippen molar-refractivity contribution in [2.24, 2.45) is 5.73 Å². The number of hydrogen-bond donors (Lipinski definition) is 2. The van der Waals surface area contributed by atoms with Crippen LogP contribution in [0.4, 0.5) is 0 Å². The van der Waals surface area contributed by atoms with Gasteiger partial charge in [-0.3, -0.25) is 4.79 Å². The number of nitrogens with two attached hydrogens (primary N) is 1. The third-order valence-electron chi connectivity index (χ3n) is 2.14. The Morgan fingerprint density at radius 1 is 1.50 bits per heavy atom. The Balaban J connectivity index is 2.62. The summed E-state index contributed by atoms with van der Waals surface area (Å²) in [5.41, 5.74) is 6.41. The van der Waals surface area contributed by atoms with Crippen LogP contribution < -0.4 is 15.8 Å². The van der Waals surface area contributed by atoms with Crippen molar-refractivity contribution in [3.8, 4) is 5.75 Å². The SMILES string of the molecule is CCOc1ccccc1CNC(=O)[C@@H](C)N. The van der Waals surface area contributed by atoms with Crippen molar-refractivity contribution in [3.63, 3.8) is 0 Å². The van der Waals surface area contributed by atoms with E-state index in [1.54, 1.807) is 6.92 Å². The maximum Gasteiger partial charge on any atom is 0.236 e. The topological polar surface area (TPSA) is 64.3 Å². The summed E-state index contributed by atoms with van der Waals surface area (Å²) in [5, 5.41) is 2.75. The molecule has 16 heavy (non-hydrogen) atoms. The zero-order valence-corrected chi connectivity index (χ0v) is 9.69. The van der Waals surface area contributed by atoms with Crippen LogP contribution in [0, 0.1) is 0 Å². The van der Waals surface area contributed by atoms with E-state index in [-0.39, 0.29) is 5.91 Å². The number of rotatable bonds is 5. The van der Waals surface area contributed by atoms with E-state index >= 15 is 0 Å². The lowest BCUT2D eigenvalue weighted by Crippen LogP contribution is -2.37. The molecule has 4 nitrogen and oxygen atoms in total. The molecule has 0 radical (unpaired) electrons. The van der Waals surface area contributed by atoms with Crippen molar-refractivity contribution in [2.75, 3.05) is 6.61 Å². The molecule has 0 spiro atoms. The normalized spacial score (nSPS) is 11.9. The van der Waals surface area contributed by atoms with Gasteiger partial charge in [-0.25, -0.2) is 0 Å². The number of benzene rings is 1. The van der Waals surface area contributed by atoms with E-state index < -0.39 is 6.04 Å². The van der Waals surface area contributed by atoms with Crippen molar-refractivity contribution in [1.29, 1.82) is 0 Å². The van der Waals surface area contributed by atoms with E-state index in [0.29, 0.717) is 13.2 Å². The van der Waals surface area contributed by atoms with Gasteiger partial charge in [0.15, 0.2) is 0 Å². The van der Waals surface area contributed by atoms with Crippen molar-refractivity contribution in [2.45, 2.75) is 26.4 Å². The van der Waals surface area contributed by atoms with Crippen LogP contribution in [0.2, 0.25) is 0 Å². The Labute approximate surface area is 95.8 Å². The second-order valence-electron chi connectivity index (χ2n) is 3.55. The third kappa shape index (κ3) is 3.55. The highest BCUT2D eigenvalue weighted by molar-refractivity contribution is 5.80. The maximum absolute atomic E-state index is 11.3. The minimum absolute atomic E-state index is 0.161. The lowest BCUT2D eigenvalue weighted by Gasteiger charge is -2.11. The minimum atomic E-state index is -0.487. The largest absolute Gasteiger partial charge is 0.494 e. The van der Waals surface area contributed by atoms with Crippen LogP contribution in [0.25, 0.3) is 0 Å². The highest BCUT2D eigenvalue weighted by atomic mass is 16.5. The van der Waals surface area contributed by atoms with E-state index in [1.165, 1.54) is 0 Å². The summed E-state index contributed by atoms with van der Waals surface area (Å²) >= 11 is 0. The molecule has 0 saturated heterocycles. The molecular formula is C12H18N2O2. The van der Waals surface area contributed by atoms with Gasteiger partial charge in [0.1, 0.15) is 5.75 Å². The summed E-state index contributed by atoms with van der Waals surface area (Å²) in [4.78, 5) is 11.3. The molecule has 4 heteroatoms.